The number of hydrogen-bond donors (Lipinski definition) is 2. The van der Waals surface area contributed by atoms with E-state index in [1.54, 1.807) is 13.1 Å². The highest BCUT2D eigenvalue weighted by molar-refractivity contribution is 9.10. The lowest BCUT2D eigenvalue weighted by molar-refractivity contribution is 0.619. The molecule has 0 aliphatic rings. The number of rotatable bonds is 6. The summed E-state index contributed by atoms with van der Waals surface area (Å²) in [7, 11) is 3.73. The van der Waals surface area contributed by atoms with Crippen LogP contribution in [0.2, 0.25) is 0 Å². The standard InChI is InChI=1S/C19H27BrFN5/c1-12(10-16-13(2)25-26(5)14(16)3)24-19(22-4)23-9-8-15-6-7-18(21)17(20)11-15/h6-7,11-12H,8-10H2,1-5H3,(H2,22,23,24). The Hall–Kier alpha value is -1.89. The number of nitrogens with one attached hydrogen (secondary N) is 2. The number of benzene rings is 1. The van der Waals surface area contributed by atoms with Gasteiger partial charge >= 0.3 is 0 Å². The third kappa shape index (κ3) is 5.30. The number of nitrogens with zero attached hydrogens (tertiary/aromatic N) is 3. The first-order chi connectivity index (χ1) is 12.3. The van der Waals surface area contributed by atoms with Crippen LogP contribution >= 0.6 is 15.9 Å². The van der Waals surface area contributed by atoms with Gasteiger partial charge in [-0.25, -0.2) is 4.39 Å². The number of aryl methyl sites for hydroxylation is 2. The van der Waals surface area contributed by atoms with Crippen molar-refractivity contribution in [1.82, 2.24) is 20.4 Å². The third-order valence-corrected chi connectivity index (χ3v) is 5.07. The molecule has 1 heterocycles. The summed E-state index contributed by atoms with van der Waals surface area (Å²) < 4.78 is 15.7. The number of hydrogen-bond acceptors (Lipinski definition) is 2. The lowest BCUT2D eigenvalue weighted by Crippen LogP contribution is -2.43. The van der Waals surface area contributed by atoms with Crippen molar-refractivity contribution in [2.75, 3.05) is 13.6 Å². The SMILES string of the molecule is CN=C(NCCc1ccc(F)c(Br)c1)NC(C)Cc1c(C)nn(C)c1C. The Morgan fingerprint density at radius 2 is 2.12 bits per heavy atom. The Morgan fingerprint density at radius 3 is 2.69 bits per heavy atom. The molecular weight excluding hydrogens is 397 g/mol. The molecule has 0 saturated heterocycles. The van der Waals surface area contributed by atoms with Crippen molar-refractivity contribution in [3.8, 4) is 0 Å². The molecule has 0 radical (unpaired) electrons. The lowest BCUT2D eigenvalue weighted by Gasteiger charge is -2.18. The van der Waals surface area contributed by atoms with E-state index in [0.717, 1.165) is 36.6 Å². The summed E-state index contributed by atoms with van der Waals surface area (Å²) in [5.41, 5.74) is 4.61. The monoisotopic (exact) mass is 423 g/mol. The average molecular weight is 424 g/mol. The average Bonchev–Trinajstić information content (AvgIpc) is 2.83. The van der Waals surface area contributed by atoms with E-state index in [4.69, 9.17) is 0 Å². The van der Waals surface area contributed by atoms with Crippen molar-refractivity contribution >= 4 is 21.9 Å². The van der Waals surface area contributed by atoms with E-state index in [0.29, 0.717) is 4.47 Å². The molecule has 5 nitrogen and oxygen atoms in total. The van der Waals surface area contributed by atoms with Crippen molar-refractivity contribution in [1.29, 1.82) is 0 Å². The lowest BCUT2D eigenvalue weighted by atomic mass is 10.1. The van der Waals surface area contributed by atoms with Crippen molar-refractivity contribution in [2.24, 2.45) is 12.0 Å². The van der Waals surface area contributed by atoms with Crippen LogP contribution in [0.15, 0.2) is 27.7 Å². The zero-order valence-corrected chi connectivity index (χ0v) is 17.6. The molecule has 0 bridgehead atoms. The smallest absolute Gasteiger partial charge is 0.191 e. The van der Waals surface area contributed by atoms with Crippen LogP contribution in [0.3, 0.4) is 0 Å². The number of aliphatic imine (C=N–C) groups is 1. The second-order valence-electron chi connectivity index (χ2n) is 6.52. The maximum absolute atomic E-state index is 13.3. The van der Waals surface area contributed by atoms with Crippen molar-refractivity contribution < 1.29 is 4.39 Å². The van der Waals surface area contributed by atoms with Gasteiger partial charge in [0.05, 0.1) is 10.2 Å². The molecule has 2 rings (SSSR count). The van der Waals surface area contributed by atoms with Gasteiger partial charge in [0, 0.05) is 32.4 Å². The highest BCUT2D eigenvalue weighted by Gasteiger charge is 2.14. The fourth-order valence-corrected chi connectivity index (χ4v) is 3.34. The molecule has 0 aliphatic carbocycles. The first-order valence-corrected chi connectivity index (χ1v) is 9.51. The fourth-order valence-electron chi connectivity index (χ4n) is 2.92. The third-order valence-electron chi connectivity index (χ3n) is 4.47. The zero-order chi connectivity index (χ0) is 19.3. The second kappa shape index (κ2) is 9.16. The molecule has 1 unspecified atom stereocenters. The van der Waals surface area contributed by atoms with Crippen molar-refractivity contribution in [3.05, 3.63) is 51.0 Å². The molecular formula is C19H27BrFN5. The van der Waals surface area contributed by atoms with E-state index in [1.165, 1.54) is 17.3 Å². The molecule has 142 valence electrons. The van der Waals surface area contributed by atoms with Gasteiger partial charge in [-0.1, -0.05) is 6.07 Å². The number of halogens is 2. The van der Waals surface area contributed by atoms with Crippen LogP contribution in [0.5, 0.6) is 0 Å². The minimum absolute atomic E-state index is 0.225. The summed E-state index contributed by atoms with van der Waals surface area (Å²) in [4.78, 5) is 4.29. The Bertz CT molecular complexity index is 784. The molecule has 1 atom stereocenters. The molecule has 2 N–H and O–H groups in total. The Morgan fingerprint density at radius 1 is 1.38 bits per heavy atom. The highest BCUT2D eigenvalue weighted by Crippen LogP contribution is 2.17. The Labute approximate surface area is 163 Å². The molecule has 0 amide bonds. The number of aromatic nitrogens is 2. The van der Waals surface area contributed by atoms with E-state index in [9.17, 15) is 4.39 Å². The van der Waals surface area contributed by atoms with Crippen LogP contribution in [0, 0.1) is 19.7 Å². The molecule has 0 aliphatic heterocycles. The van der Waals surface area contributed by atoms with Gasteiger partial charge in [-0.3, -0.25) is 9.67 Å². The maximum Gasteiger partial charge on any atom is 0.191 e. The van der Waals surface area contributed by atoms with Crippen LogP contribution in [-0.2, 0) is 19.9 Å². The maximum atomic E-state index is 13.3. The van der Waals surface area contributed by atoms with E-state index in [2.05, 4.69) is 50.5 Å². The van der Waals surface area contributed by atoms with Crippen LogP contribution in [0.25, 0.3) is 0 Å². The highest BCUT2D eigenvalue weighted by atomic mass is 79.9. The van der Waals surface area contributed by atoms with E-state index in [-0.39, 0.29) is 11.9 Å². The van der Waals surface area contributed by atoms with Gasteiger partial charge in [0.25, 0.3) is 0 Å². The van der Waals surface area contributed by atoms with Crippen LogP contribution in [0.4, 0.5) is 4.39 Å². The van der Waals surface area contributed by atoms with Gasteiger partial charge in [-0.2, -0.15) is 5.10 Å². The van der Waals surface area contributed by atoms with Gasteiger partial charge in [0.2, 0.25) is 0 Å². The van der Waals surface area contributed by atoms with Crippen LogP contribution < -0.4 is 10.6 Å². The van der Waals surface area contributed by atoms with E-state index in [1.807, 2.05) is 24.7 Å². The molecule has 1 aromatic heterocycles. The van der Waals surface area contributed by atoms with Crippen LogP contribution in [-0.4, -0.2) is 35.4 Å². The largest absolute Gasteiger partial charge is 0.356 e. The minimum atomic E-state index is -0.242. The predicted molar refractivity (Wildman–Crippen MR) is 108 cm³/mol. The predicted octanol–water partition coefficient (Wildman–Crippen LogP) is 3.28. The van der Waals surface area contributed by atoms with E-state index >= 15 is 0 Å². The zero-order valence-electron chi connectivity index (χ0n) is 16.0. The topological polar surface area (TPSA) is 54.2 Å². The van der Waals surface area contributed by atoms with E-state index < -0.39 is 0 Å². The minimum Gasteiger partial charge on any atom is -0.356 e. The molecule has 0 fully saturated rings. The molecule has 26 heavy (non-hydrogen) atoms. The van der Waals surface area contributed by atoms with Crippen molar-refractivity contribution in [2.45, 2.75) is 39.7 Å². The molecule has 0 saturated carbocycles. The first-order valence-electron chi connectivity index (χ1n) is 8.72. The number of guanidine groups is 1. The summed E-state index contributed by atoms with van der Waals surface area (Å²) in [6.45, 7) is 6.99. The molecule has 2 aromatic rings. The Balaban J connectivity index is 1.85. The Kier molecular flexibility index (Phi) is 7.20. The van der Waals surface area contributed by atoms with Gasteiger partial charge < -0.3 is 10.6 Å². The normalized spacial score (nSPS) is 13.0. The van der Waals surface area contributed by atoms with Crippen LogP contribution in [0.1, 0.15) is 29.4 Å². The van der Waals surface area contributed by atoms with Gasteiger partial charge in [-0.05, 0) is 72.8 Å². The first kappa shape index (κ1) is 20.4. The summed E-state index contributed by atoms with van der Waals surface area (Å²) >= 11 is 3.22. The summed E-state index contributed by atoms with van der Waals surface area (Å²) in [5, 5.41) is 11.2. The van der Waals surface area contributed by atoms with Crippen molar-refractivity contribution in [3.63, 3.8) is 0 Å². The molecule has 0 spiro atoms. The summed E-state index contributed by atoms with van der Waals surface area (Å²) in [6, 6.07) is 5.31. The second-order valence-corrected chi connectivity index (χ2v) is 7.37. The fraction of sp³-hybridized carbons (Fsp3) is 0.474. The van der Waals surface area contributed by atoms with Gasteiger partial charge in [0.15, 0.2) is 5.96 Å². The van der Waals surface area contributed by atoms with Gasteiger partial charge in [0.1, 0.15) is 5.82 Å². The molecule has 7 heteroatoms. The quantitative estimate of drug-likeness (QED) is 0.553. The summed E-state index contributed by atoms with van der Waals surface area (Å²) in [6.07, 6.45) is 1.67. The molecule has 1 aromatic carbocycles. The van der Waals surface area contributed by atoms with Gasteiger partial charge in [-0.15, -0.1) is 0 Å². The summed E-state index contributed by atoms with van der Waals surface area (Å²) in [5.74, 6) is 0.520.